The van der Waals surface area contributed by atoms with E-state index in [0.29, 0.717) is 17.8 Å². The summed E-state index contributed by atoms with van der Waals surface area (Å²) in [5.74, 6) is 0.193. The van der Waals surface area contributed by atoms with E-state index in [1.807, 2.05) is 26.0 Å². The van der Waals surface area contributed by atoms with Crippen molar-refractivity contribution in [2.45, 2.75) is 26.7 Å². The summed E-state index contributed by atoms with van der Waals surface area (Å²) in [7, 11) is 0. The number of hydrogen-bond donors (Lipinski definition) is 3. The fraction of sp³-hybridized carbons (Fsp3) is 0.500. The smallest absolute Gasteiger partial charge is 0.251 e. The van der Waals surface area contributed by atoms with Crippen LogP contribution in [0.15, 0.2) is 18.2 Å². The first kappa shape index (κ1) is 14.5. The number of nitrogens with two attached hydrogens (primary N) is 1. The molecule has 0 heterocycles. The highest BCUT2D eigenvalue weighted by Crippen LogP contribution is 2.11. The van der Waals surface area contributed by atoms with E-state index in [9.17, 15) is 4.79 Å². The maximum absolute atomic E-state index is 11.8. The van der Waals surface area contributed by atoms with Crippen LogP contribution in [0, 0.1) is 12.8 Å². The maximum atomic E-state index is 11.8. The first-order valence-electron chi connectivity index (χ1n) is 6.29. The van der Waals surface area contributed by atoms with Crippen LogP contribution in [0.3, 0.4) is 0 Å². The van der Waals surface area contributed by atoms with Gasteiger partial charge in [-0.05, 0) is 49.4 Å². The van der Waals surface area contributed by atoms with Crippen molar-refractivity contribution in [1.82, 2.24) is 5.32 Å². The Morgan fingerprint density at radius 1 is 1.44 bits per heavy atom. The minimum atomic E-state index is -0.0953. The van der Waals surface area contributed by atoms with Gasteiger partial charge in [-0.2, -0.15) is 0 Å². The molecule has 0 saturated carbocycles. The van der Waals surface area contributed by atoms with Crippen LogP contribution in [-0.2, 0) is 0 Å². The van der Waals surface area contributed by atoms with Gasteiger partial charge in [-0.1, -0.05) is 6.92 Å². The quantitative estimate of drug-likeness (QED) is 0.531. The highest BCUT2D eigenvalue weighted by molar-refractivity contribution is 5.95. The number of benzene rings is 1. The molecular formula is C14H22N2O2. The lowest BCUT2D eigenvalue weighted by Gasteiger charge is -2.09. The lowest BCUT2D eigenvalue weighted by Crippen LogP contribution is -2.25. The molecule has 0 aliphatic heterocycles. The Kier molecular flexibility index (Phi) is 5.65. The molecule has 4 N–H and O–H groups in total. The van der Waals surface area contributed by atoms with Crippen LogP contribution in [0.4, 0.5) is 5.69 Å². The summed E-state index contributed by atoms with van der Waals surface area (Å²) in [5, 5.41) is 11.7. The lowest BCUT2D eigenvalue weighted by atomic mass is 10.1. The molecule has 1 rings (SSSR count). The van der Waals surface area contributed by atoms with Crippen molar-refractivity contribution in [2.75, 3.05) is 18.9 Å². The number of aliphatic hydroxyl groups excluding tert-OH is 1. The molecule has 0 fully saturated rings. The molecule has 1 amide bonds. The predicted molar refractivity (Wildman–Crippen MR) is 73.4 cm³/mol. The third kappa shape index (κ3) is 4.75. The van der Waals surface area contributed by atoms with Crippen molar-refractivity contribution in [3.8, 4) is 0 Å². The summed E-state index contributed by atoms with van der Waals surface area (Å²) < 4.78 is 0. The number of anilines is 1. The van der Waals surface area contributed by atoms with Crippen LogP contribution in [0.5, 0.6) is 0 Å². The number of carbonyl (C=O) groups is 1. The zero-order valence-electron chi connectivity index (χ0n) is 11.1. The largest absolute Gasteiger partial charge is 0.399 e. The van der Waals surface area contributed by atoms with Crippen molar-refractivity contribution in [3.63, 3.8) is 0 Å². The molecule has 0 bridgehead atoms. The van der Waals surface area contributed by atoms with Crippen LogP contribution in [0.25, 0.3) is 0 Å². The van der Waals surface area contributed by atoms with Gasteiger partial charge < -0.3 is 16.2 Å². The number of aryl methyl sites for hydroxylation is 1. The Morgan fingerprint density at radius 3 is 2.78 bits per heavy atom. The van der Waals surface area contributed by atoms with Gasteiger partial charge in [0.15, 0.2) is 0 Å². The third-order valence-electron chi connectivity index (χ3n) is 2.83. The Labute approximate surface area is 108 Å². The SMILES string of the molecule is Cc1cc(N)cc(C(=O)NCCCC(C)CO)c1. The lowest BCUT2D eigenvalue weighted by molar-refractivity contribution is 0.0952. The Morgan fingerprint density at radius 2 is 2.17 bits per heavy atom. The van der Waals surface area contributed by atoms with E-state index >= 15 is 0 Å². The molecule has 0 aliphatic rings. The number of rotatable bonds is 6. The van der Waals surface area contributed by atoms with Gasteiger partial charge in [0.1, 0.15) is 0 Å². The zero-order valence-corrected chi connectivity index (χ0v) is 11.1. The van der Waals surface area contributed by atoms with Crippen molar-refractivity contribution in [1.29, 1.82) is 0 Å². The Hall–Kier alpha value is -1.55. The maximum Gasteiger partial charge on any atom is 0.251 e. The van der Waals surface area contributed by atoms with Gasteiger partial charge in [-0.15, -0.1) is 0 Å². The molecule has 0 spiro atoms. The summed E-state index contributed by atoms with van der Waals surface area (Å²) in [6.45, 7) is 4.72. The first-order chi connectivity index (χ1) is 8.52. The van der Waals surface area contributed by atoms with Crippen LogP contribution >= 0.6 is 0 Å². The molecule has 1 atom stereocenters. The van der Waals surface area contributed by atoms with Crippen molar-refractivity contribution in [3.05, 3.63) is 29.3 Å². The number of aliphatic hydroxyl groups is 1. The van der Waals surface area contributed by atoms with E-state index in [1.165, 1.54) is 0 Å². The predicted octanol–water partition coefficient (Wildman–Crippen LogP) is 1.72. The van der Waals surface area contributed by atoms with Crippen molar-refractivity contribution < 1.29 is 9.90 Å². The Balaban J connectivity index is 2.41. The van der Waals surface area contributed by atoms with Crippen LogP contribution in [-0.4, -0.2) is 24.2 Å². The van der Waals surface area contributed by atoms with Gasteiger partial charge in [0.05, 0.1) is 0 Å². The normalized spacial score (nSPS) is 12.2. The monoisotopic (exact) mass is 250 g/mol. The minimum Gasteiger partial charge on any atom is -0.399 e. The molecule has 4 heteroatoms. The molecule has 18 heavy (non-hydrogen) atoms. The third-order valence-corrected chi connectivity index (χ3v) is 2.83. The number of amides is 1. The van der Waals surface area contributed by atoms with Crippen LogP contribution < -0.4 is 11.1 Å². The highest BCUT2D eigenvalue weighted by Gasteiger charge is 2.06. The first-order valence-corrected chi connectivity index (χ1v) is 6.29. The summed E-state index contributed by atoms with van der Waals surface area (Å²) >= 11 is 0. The van der Waals surface area contributed by atoms with Gasteiger partial charge in [0.2, 0.25) is 0 Å². The van der Waals surface area contributed by atoms with Crippen molar-refractivity contribution >= 4 is 11.6 Å². The van der Waals surface area contributed by atoms with Gasteiger partial charge in [0, 0.05) is 24.4 Å². The second-order valence-corrected chi connectivity index (χ2v) is 4.82. The van der Waals surface area contributed by atoms with Gasteiger partial charge >= 0.3 is 0 Å². The molecule has 0 saturated heterocycles. The molecular weight excluding hydrogens is 228 g/mol. The minimum absolute atomic E-state index is 0.0953. The fourth-order valence-electron chi connectivity index (χ4n) is 1.79. The van der Waals surface area contributed by atoms with Gasteiger partial charge in [-0.3, -0.25) is 4.79 Å². The Bertz CT molecular complexity index is 385. The van der Waals surface area contributed by atoms with E-state index in [-0.39, 0.29) is 18.4 Å². The fourth-order valence-corrected chi connectivity index (χ4v) is 1.79. The molecule has 1 aromatic carbocycles. The molecule has 1 aromatic rings. The number of nitrogens with one attached hydrogen (secondary N) is 1. The number of carbonyl (C=O) groups excluding carboxylic acids is 1. The van der Waals surface area contributed by atoms with E-state index in [1.54, 1.807) is 6.07 Å². The second-order valence-electron chi connectivity index (χ2n) is 4.82. The number of hydrogen-bond acceptors (Lipinski definition) is 3. The summed E-state index contributed by atoms with van der Waals surface area (Å²) in [4.78, 5) is 11.8. The number of nitrogen functional groups attached to an aromatic ring is 1. The zero-order chi connectivity index (χ0) is 13.5. The van der Waals surface area contributed by atoms with Crippen LogP contribution in [0.2, 0.25) is 0 Å². The standard InChI is InChI=1S/C14H22N2O2/c1-10(9-17)4-3-5-16-14(18)12-6-11(2)7-13(15)8-12/h6-8,10,17H,3-5,9,15H2,1-2H3,(H,16,18). The molecule has 0 aromatic heterocycles. The highest BCUT2D eigenvalue weighted by atomic mass is 16.3. The molecule has 1 unspecified atom stereocenters. The van der Waals surface area contributed by atoms with Gasteiger partial charge in [-0.25, -0.2) is 0 Å². The molecule has 100 valence electrons. The van der Waals surface area contributed by atoms with E-state index in [2.05, 4.69) is 5.32 Å². The van der Waals surface area contributed by atoms with Crippen molar-refractivity contribution in [2.24, 2.45) is 5.92 Å². The van der Waals surface area contributed by atoms with E-state index in [4.69, 9.17) is 10.8 Å². The average molecular weight is 250 g/mol. The molecule has 4 nitrogen and oxygen atoms in total. The van der Waals surface area contributed by atoms with Crippen LogP contribution in [0.1, 0.15) is 35.7 Å². The summed E-state index contributed by atoms with van der Waals surface area (Å²) in [6.07, 6.45) is 1.78. The van der Waals surface area contributed by atoms with E-state index in [0.717, 1.165) is 18.4 Å². The summed E-state index contributed by atoms with van der Waals surface area (Å²) in [5.41, 5.74) is 7.89. The molecule has 0 aliphatic carbocycles. The second kappa shape index (κ2) is 7.01. The summed E-state index contributed by atoms with van der Waals surface area (Å²) in [6, 6.07) is 5.33. The average Bonchev–Trinajstić information content (AvgIpc) is 2.32. The topological polar surface area (TPSA) is 75.4 Å². The van der Waals surface area contributed by atoms with Gasteiger partial charge in [0.25, 0.3) is 5.91 Å². The van der Waals surface area contributed by atoms with E-state index < -0.39 is 0 Å². The molecule has 0 radical (unpaired) electrons.